The second kappa shape index (κ2) is 8.42. The molecule has 2 aromatic carbocycles. The number of anilines is 1. The van der Waals surface area contributed by atoms with Gasteiger partial charge in [0.05, 0.1) is 11.3 Å². The Labute approximate surface area is 201 Å². The summed E-state index contributed by atoms with van der Waals surface area (Å²) in [5.41, 5.74) is 2.20. The lowest BCUT2D eigenvalue weighted by atomic mass is 10.1. The third kappa shape index (κ3) is 3.59. The number of thiazole rings is 1. The van der Waals surface area contributed by atoms with Crippen LogP contribution in [0.3, 0.4) is 0 Å². The molecule has 1 aliphatic rings. The van der Waals surface area contributed by atoms with Crippen LogP contribution in [0.5, 0.6) is 5.75 Å². The molecule has 4 aromatic rings. The molecule has 9 heteroatoms. The minimum atomic E-state index is -0.366. The number of carbonyl (C=O) groups excluding carboxylic acids is 1. The number of benzene rings is 2. The Morgan fingerprint density at radius 2 is 1.88 bits per heavy atom. The van der Waals surface area contributed by atoms with Gasteiger partial charge in [0.25, 0.3) is 11.5 Å². The first kappa shape index (κ1) is 21.3. The smallest absolute Gasteiger partial charge is 0.291 e. The van der Waals surface area contributed by atoms with E-state index in [9.17, 15) is 9.59 Å². The van der Waals surface area contributed by atoms with Crippen LogP contribution in [0.15, 0.2) is 77.0 Å². The topological polar surface area (TPSA) is 76.8 Å². The van der Waals surface area contributed by atoms with E-state index < -0.39 is 0 Å². The molecule has 33 heavy (non-hydrogen) atoms. The highest BCUT2D eigenvalue weighted by Gasteiger charge is 2.34. The fraction of sp³-hybridized carbons (Fsp3) is 0.0833. The van der Waals surface area contributed by atoms with Gasteiger partial charge in [-0.15, -0.1) is 11.7 Å². The van der Waals surface area contributed by atoms with Gasteiger partial charge in [-0.3, -0.25) is 9.59 Å². The van der Waals surface area contributed by atoms with Gasteiger partial charge in [0, 0.05) is 22.1 Å². The second-order valence-corrected chi connectivity index (χ2v) is 9.12. The first-order chi connectivity index (χ1) is 16.0. The molecule has 0 unspecified atom stereocenters. The Morgan fingerprint density at radius 1 is 1.09 bits per heavy atom. The predicted octanol–water partition coefficient (Wildman–Crippen LogP) is 3.60. The zero-order chi connectivity index (χ0) is 23.1. The van der Waals surface area contributed by atoms with Crippen molar-refractivity contribution >= 4 is 49.4 Å². The summed E-state index contributed by atoms with van der Waals surface area (Å²) in [4.78, 5) is 33.1. The van der Waals surface area contributed by atoms with Crippen LogP contribution in [0.2, 0.25) is 0 Å². The van der Waals surface area contributed by atoms with Gasteiger partial charge < -0.3 is 9.64 Å². The highest BCUT2D eigenvalue weighted by Crippen LogP contribution is 2.37. The molecule has 0 atom stereocenters. The summed E-state index contributed by atoms with van der Waals surface area (Å²) in [5.74, 6) is 0.899. The lowest BCUT2D eigenvalue weighted by molar-refractivity contribution is -0.112. The number of rotatable bonds is 6. The highest BCUT2D eigenvalue weighted by atomic mass is 79.9. The third-order valence-electron chi connectivity index (χ3n) is 5.15. The largest absolute Gasteiger partial charge is 0.490 e. The molecular formula is C24H17BrN4O3S. The van der Waals surface area contributed by atoms with Gasteiger partial charge >= 0.3 is 0 Å². The number of amides is 1. The number of carbonyl (C=O) groups is 1. The molecule has 0 saturated heterocycles. The van der Waals surface area contributed by atoms with Crippen molar-refractivity contribution in [2.75, 3.05) is 18.1 Å². The van der Waals surface area contributed by atoms with E-state index in [2.05, 4.69) is 39.2 Å². The van der Waals surface area contributed by atoms with Gasteiger partial charge in [-0.2, -0.15) is 9.50 Å². The van der Waals surface area contributed by atoms with Crippen LogP contribution < -0.4 is 19.7 Å². The number of aromatic nitrogens is 3. The molecule has 0 spiro atoms. The molecule has 5 rings (SSSR count). The predicted molar refractivity (Wildman–Crippen MR) is 133 cm³/mol. The molecule has 164 valence electrons. The Balaban J connectivity index is 1.62. The Morgan fingerprint density at radius 3 is 2.58 bits per heavy atom. The van der Waals surface area contributed by atoms with Crippen LogP contribution >= 0.6 is 27.3 Å². The summed E-state index contributed by atoms with van der Waals surface area (Å²) in [6, 6.07) is 12.9. The Bertz CT molecular complexity index is 1540. The van der Waals surface area contributed by atoms with Crippen molar-refractivity contribution in [3.05, 3.63) is 92.7 Å². The summed E-state index contributed by atoms with van der Waals surface area (Å²) in [7, 11) is 0. The van der Waals surface area contributed by atoms with E-state index in [1.54, 1.807) is 17.1 Å². The van der Waals surface area contributed by atoms with Crippen molar-refractivity contribution in [3.63, 3.8) is 0 Å². The van der Waals surface area contributed by atoms with Gasteiger partial charge in [-0.1, -0.05) is 46.0 Å². The quantitative estimate of drug-likeness (QED) is 0.363. The zero-order valence-electron chi connectivity index (χ0n) is 17.3. The van der Waals surface area contributed by atoms with Crippen LogP contribution in [0.4, 0.5) is 5.69 Å². The van der Waals surface area contributed by atoms with E-state index in [0.717, 1.165) is 27.1 Å². The van der Waals surface area contributed by atoms with Crippen LogP contribution in [0.1, 0.15) is 5.56 Å². The van der Waals surface area contributed by atoms with E-state index in [0.29, 0.717) is 45.4 Å². The molecule has 0 saturated carbocycles. The molecule has 0 N–H and O–H groups in total. The third-order valence-corrected chi connectivity index (χ3v) is 6.68. The molecule has 0 fully saturated rings. The van der Waals surface area contributed by atoms with Crippen molar-refractivity contribution in [2.45, 2.75) is 0 Å². The van der Waals surface area contributed by atoms with Gasteiger partial charge in [0.2, 0.25) is 4.96 Å². The molecule has 0 bridgehead atoms. The van der Waals surface area contributed by atoms with Crippen LogP contribution in [0.25, 0.3) is 21.9 Å². The molecular weight excluding hydrogens is 504 g/mol. The fourth-order valence-corrected chi connectivity index (χ4v) is 5.06. The van der Waals surface area contributed by atoms with Crippen molar-refractivity contribution in [1.29, 1.82) is 0 Å². The summed E-state index contributed by atoms with van der Waals surface area (Å²) in [6.07, 6.45) is 3.33. The number of fused-ring (bicyclic) bond motifs is 2. The average molecular weight is 521 g/mol. The minimum absolute atomic E-state index is 0.236. The summed E-state index contributed by atoms with van der Waals surface area (Å²) in [5, 5.41) is 4.40. The van der Waals surface area contributed by atoms with E-state index in [4.69, 9.17) is 4.74 Å². The molecule has 1 aliphatic heterocycles. The monoisotopic (exact) mass is 520 g/mol. The highest BCUT2D eigenvalue weighted by molar-refractivity contribution is 9.10. The van der Waals surface area contributed by atoms with E-state index in [1.165, 1.54) is 4.52 Å². The molecule has 3 heterocycles. The maximum absolute atomic E-state index is 13.3. The maximum atomic E-state index is 13.3. The molecule has 0 aliphatic carbocycles. The van der Waals surface area contributed by atoms with Gasteiger partial charge in [0.1, 0.15) is 16.9 Å². The van der Waals surface area contributed by atoms with Crippen molar-refractivity contribution < 1.29 is 9.53 Å². The average Bonchev–Trinajstić information content (AvgIpc) is 3.44. The van der Waals surface area contributed by atoms with E-state index in [1.807, 2.05) is 42.5 Å². The minimum Gasteiger partial charge on any atom is -0.490 e. The summed E-state index contributed by atoms with van der Waals surface area (Å²) in [6.45, 7) is 8.14. The molecule has 7 nitrogen and oxygen atoms in total. The first-order valence-electron chi connectivity index (χ1n) is 10.0. The summed E-state index contributed by atoms with van der Waals surface area (Å²) < 4.78 is 7.89. The number of hydrogen-bond acceptors (Lipinski definition) is 6. The van der Waals surface area contributed by atoms with Crippen molar-refractivity contribution in [2.24, 2.45) is 0 Å². The van der Waals surface area contributed by atoms with Gasteiger partial charge in [0.15, 0.2) is 5.82 Å². The summed E-state index contributed by atoms with van der Waals surface area (Å²) >= 11 is 4.62. The standard InChI is InChI=1S/C24H17BrN4O3S/c1-3-11-28-18-10-7-15(25)13-17(18)19(22(28)30)20-23(31)29-24(33-20)26-21(27-29)14-5-8-16(9-6-14)32-12-4-2/h3-10,13H,1-2,11-12H2/b20-19-. The maximum Gasteiger partial charge on any atom is 0.291 e. The van der Waals surface area contributed by atoms with Crippen molar-refractivity contribution in [3.8, 4) is 17.1 Å². The van der Waals surface area contributed by atoms with Crippen LogP contribution in [0, 0.1) is 0 Å². The Kier molecular flexibility index (Phi) is 5.43. The van der Waals surface area contributed by atoms with Crippen LogP contribution in [-0.2, 0) is 4.79 Å². The number of hydrogen-bond donors (Lipinski definition) is 0. The van der Waals surface area contributed by atoms with E-state index >= 15 is 0 Å². The SMILES string of the molecule is C=CCOc1ccc(-c2nc3s/c(=C4\C(=O)N(CC=C)c5ccc(Br)cc54)c(=O)n3n2)cc1. The fourth-order valence-electron chi connectivity index (χ4n) is 3.70. The van der Waals surface area contributed by atoms with Gasteiger partial charge in [-0.05, 0) is 42.5 Å². The number of nitrogens with zero attached hydrogens (tertiary/aromatic N) is 4. The lowest BCUT2D eigenvalue weighted by Gasteiger charge is -2.14. The number of ether oxygens (including phenoxy) is 1. The zero-order valence-corrected chi connectivity index (χ0v) is 19.7. The van der Waals surface area contributed by atoms with Crippen LogP contribution in [-0.4, -0.2) is 33.7 Å². The number of halogens is 1. The molecule has 2 aromatic heterocycles. The second-order valence-electron chi connectivity index (χ2n) is 7.23. The van der Waals surface area contributed by atoms with Crippen molar-refractivity contribution in [1.82, 2.24) is 14.6 Å². The molecule has 1 amide bonds. The normalized spacial score (nSPS) is 14.6. The van der Waals surface area contributed by atoms with E-state index in [-0.39, 0.29) is 11.5 Å². The lowest BCUT2D eigenvalue weighted by Crippen LogP contribution is -2.32. The Hall–Kier alpha value is -3.56. The molecule has 0 radical (unpaired) electrons. The van der Waals surface area contributed by atoms with Gasteiger partial charge in [-0.25, -0.2) is 0 Å². The first-order valence-corrected chi connectivity index (χ1v) is 11.6.